The largest absolute Gasteiger partial charge is 0.322 e. The van der Waals surface area contributed by atoms with Crippen molar-refractivity contribution in [3.05, 3.63) is 78.9 Å². The molecule has 0 fully saturated rings. The number of hydrogen-bond donors (Lipinski definition) is 1. The van der Waals surface area contributed by atoms with Crippen LogP contribution in [-0.4, -0.2) is 19.5 Å². The third kappa shape index (κ3) is 3.22. The second-order valence-corrected chi connectivity index (χ2v) is 6.36. The summed E-state index contributed by atoms with van der Waals surface area (Å²) in [4.78, 5) is 17.8. The zero-order chi connectivity index (χ0) is 17.9. The molecule has 1 heterocycles. The molecule has 1 aromatic heterocycles. The highest BCUT2D eigenvalue weighted by Gasteiger charge is 2.16. The number of likely N-dealkylation sites (N-methyl/N-ethyl adjacent to an activating group) is 1. The average Bonchev–Trinajstić information content (AvgIpc) is 2.68. The Hall–Kier alpha value is -3.40. The van der Waals surface area contributed by atoms with E-state index >= 15 is 0 Å². The summed E-state index contributed by atoms with van der Waals surface area (Å²) in [6.45, 7) is 0.262. The molecule has 0 radical (unpaired) electrons. The molecule has 0 spiro atoms. The number of aromatic amines is 1. The highest BCUT2D eigenvalue weighted by Crippen LogP contribution is 2.23. The molecule has 0 aliphatic heterocycles. The van der Waals surface area contributed by atoms with Crippen LogP contribution in [-0.2, 0) is 4.79 Å². The molecule has 0 saturated heterocycles. The number of rotatable bonds is 4. The van der Waals surface area contributed by atoms with Crippen LogP contribution in [0.2, 0.25) is 0 Å². The standard InChI is InChI=1S/C22H19N3O/c1-25(21-14-13-17-8-3-5-11-19(17)23-21)15-22(26)24-20-12-6-9-16-7-2-4-10-18(16)20/h2-14H,15H2,1H3,(H,24,26)/p+1. The van der Waals surface area contributed by atoms with Gasteiger partial charge in [0.1, 0.15) is 5.52 Å². The van der Waals surface area contributed by atoms with E-state index in [-0.39, 0.29) is 12.5 Å². The third-order valence-electron chi connectivity index (χ3n) is 4.50. The van der Waals surface area contributed by atoms with Gasteiger partial charge in [-0.1, -0.05) is 54.6 Å². The number of H-pyrrole nitrogens is 1. The predicted molar refractivity (Wildman–Crippen MR) is 106 cm³/mol. The molecule has 4 aromatic rings. The number of fused-ring (bicyclic) bond motifs is 2. The predicted octanol–water partition coefficient (Wildman–Crippen LogP) is 3.88. The van der Waals surface area contributed by atoms with Crippen LogP contribution in [0.15, 0.2) is 78.9 Å². The lowest BCUT2D eigenvalue weighted by atomic mass is 10.1. The number of benzene rings is 3. The van der Waals surface area contributed by atoms with Crippen molar-refractivity contribution in [2.75, 3.05) is 23.8 Å². The minimum absolute atomic E-state index is 0.0505. The molecule has 3 aromatic carbocycles. The topological polar surface area (TPSA) is 46.5 Å². The van der Waals surface area contributed by atoms with E-state index in [1.165, 1.54) is 0 Å². The first-order valence-electron chi connectivity index (χ1n) is 8.60. The van der Waals surface area contributed by atoms with Crippen LogP contribution in [0.1, 0.15) is 0 Å². The second-order valence-electron chi connectivity index (χ2n) is 6.36. The maximum Gasteiger partial charge on any atom is 0.275 e. The van der Waals surface area contributed by atoms with Crippen molar-refractivity contribution in [3.63, 3.8) is 0 Å². The van der Waals surface area contributed by atoms with Crippen molar-refractivity contribution >= 4 is 39.1 Å². The summed E-state index contributed by atoms with van der Waals surface area (Å²) in [6, 6.07) is 26.1. The van der Waals surface area contributed by atoms with Gasteiger partial charge in [0.05, 0.1) is 7.05 Å². The molecule has 0 saturated carbocycles. The van der Waals surface area contributed by atoms with Gasteiger partial charge >= 0.3 is 0 Å². The van der Waals surface area contributed by atoms with Crippen LogP contribution in [0.25, 0.3) is 21.7 Å². The van der Waals surface area contributed by atoms with Crippen molar-refractivity contribution in [2.45, 2.75) is 0 Å². The summed E-state index contributed by atoms with van der Waals surface area (Å²) in [6.07, 6.45) is 0. The Labute approximate surface area is 152 Å². The maximum atomic E-state index is 12.5. The monoisotopic (exact) mass is 342 g/mol. The first kappa shape index (κ1) is 16.1. The van der Waals surface area contributed by atoms with Gasteiger partial charge in [-0.3, -0.25) is 9.69 Å². The quantitative estimate of drug-likeness (QED) is 0.612. The fraction of sp³-hybridized carbons (Fsp3) is 0.0909. The lowest BCUT2D eigenvalue weighted by molar-refractivity contribution is -0.330. The number of nitrogens with zero attached hydrogens (tertiary/aromatic N) is 1. The van der Waals surface area contributed by atoms with Crippen LogP contribution in [0, 0.1) is 0 Å². The molecule has 0 bridgehead atoms. The smallest absolute Gasteiger partial charge is 0.275 e. The summed E-state index contributed by atoms with van der Waals surface area (Å²) in [5.74, 6) is 0.849. The minimum Gasteiger partial charge on any atom is -0.322 e. The Morgan fingerprint density at radius 3 is 2.50 bits per heavy atom. The minimum atomic E-state index is -0.0505. The lowest BCUT2D eigenvalue weighted by Gasteiger charge is -2.13. The van der Waals surface area contributed by atoms with Gasteiger partial charge in [-0.05, 0) is 23.6 Å². The van der Waals surface area contributed by atoms with Gasteiger partial charge in [-0.2, -0.15) is 0 Å². The molecule has 0 aliphatic rings. The van der Waals surface area contributed by atoms with Crippen molar-refractivity contribution in [3.8, 4) is 0 Å². The highest BCUT2D eigenvalue weighted by atomic mass is 16.2. The van der Waals surface area contributed by atoms with Crippen molar-refractivity contribution in [2.24, 2.45) is 0 Å². The number of carbonyl (C=O) groups is 1. The van der Waals surface area contributed by atoms with E-state index in [4.69, 9.17) is 0 Å². The molecule has 0 unspecified atom stereocenters. The number of anilines is 2. The molecular weight excluding hydrogens is 322 g/mol. The maximum absolute atomic E-state index is 12.5. The van der Waals surface area contributed by atoms with E-state index in [0.717, 1.165) is 33.2 Å². The summed E-state index contributed by atoms with van der Waals surface area (Å²) < 4.78 is 0. The Kier molecular flexibility index (Phi) is 4.23. The van der Waals surface area contributed by atoms with E-state index in [1.54, 1.807) is 0 Å². The first-order chi connectivity index (χ1) is 12.7. The Morgan fingerprint density at radius 2 is 1.62 bits per heavy atom. The Morgan fingerprint density at radius 1 is 0.885 bits per heavy atom. The molecule has 128 valence electrons. The van der Waals surface area contributed by atoms with E-state index in [2.05, 4.69) is 22.4 Å². The highest BCUT2D eigenvalue weighted by molar-refractivity contribution is 6.03. The fourth-order valence-electron chi connectivity index (χ4n) is 3.15. The zero-order valence-corrected chi connectivity index (χ0v) is 14.6. The van der Waals surface area contributed by atoms with Crippen LogP contribution in [0.4, 0.5) is 11.5 Å². The van der Waals surface area contributed by atoms with Crippen LogP contribution in [0.5, 0.6) is 0 Å². The molecule has 26 heavy (non-hydrogen) atoms. The van der Waals surface area contributed by atoms with Crippen LogP contribution in [0.3, 0.4) is 0 Å². The summed E-state index contributed by atoms with van der Waals surface area (Å²) >= 11 is 0. The molecular formula is C22H20N3O+. The summed E-state index contributed by atoms with van der Waals surface area (Å²) in [5, 5.41) is 6.33. The number of aromatic nitrogens is 1. The van der Waals surface area contributed by atoms with E-state index in [0.29, 0.717) is 0 Å². The molecule has 4 nitrogen and oxygen atoms in total. The van der Waals surface area contributed by atoms with Crippen molar-refractivity contribution in [1.29, 1.82) is 0 Å². The zero-order valence-electron chi connectivity index (χ0n) is 14.6. The number of nitrogens with one attached hydrogen (secondary N) is 2. The molecule has 4 rings (SSSR count). The molecule has 2 N–H and O–H groups in total. The first-order valence-corrected chi connectivity index (χ1v) is 8.60. The number of carbonyl (C=O) groups excluding carboxylic acids is 1. The number of amides is 1. The number of hydrogen-bond acceptors (Lipinski definition) is 2. The SMILES string of the molecule is CN(CC(=O)Nc1cccc2ccccc12)c1ccc2ccccc2[nH+]1. The molecule has 4 heteroatoms. The van der Waals surface area contributed by atoms with E-state index in [1.807, 2.05) is 78.7 Å². The average molecular weight is 342 g/mol. The van der Waals surface area contributed by atoms with Crippen molar-refractivity contribution < 1.29 is 9.78 Å². The van der Waals surface area contributed by atoms with E-state index < -0.39 is 0 Å². The van der Waals surface area contributed by atoms with Gasteiger partial charge in [0.15, 0.2) is 6.54 Å². The van der Waals surface area contributed by atoms with Gasteiger partial charge in [0.25, 0.3) is 11.7 Å². The molecule has 0 atom stereocenters. The van der Waals surface area contributed by atoms with Gasteiger partial charge < -0.3 is 5.32 Å². The molecule has 0 aliphatic carbocycles. The van der Waals surface area contributed by atoms with Gasteiger partial charge in [0.2, 0.25) is 0 Å². The fourth-order valence-corrected chi connectivity index (χ4v) is 3.15. The lowest BCUT2D eigenvalue weighted by Crippen LogP contribution is -2.33. The molecule has 1 amide bonds. The van der Waals surface area contributed by atoms with Gasteiger partial charge in [-0.25, -0.2) is 4.98 Å². The van der Waals surface area contributed by atoms with Gasteiger partial charge in [-0.15, -0.1) is 0 Å². The van der Waals surface area contributed by atoms with E-state index in [9.17, 15) is 4.79 Å². The summed E-state index contributed by atoms with van der Waals surface area (Å²) in [5.41, 5.74) is 1.88. The van der Waals surface area contributed by atoms with Crippen molar-refractivity contribution in [1.82, 2.24) is 0 Å². The Bertz CT molecular complexity index is 1090. The van der Waals surface area contributed by atoms with Gasteiger partial charge in [0, 0.05) is 22.5 Å². The normalized spacial score (nSPS) is 10.8. The summed E-state index contributed by atoms with van der Waals surface area (Å²) in [7, 11) is 1.91. The number of para-hydroxylation sites is 1. The number of pyridine rings is 1. The Balaban J connectivity index is 1.51. The second kappa shape index (κ2) is 6.84. The van der Waals surface area contributed by atoms with Crippen LogP contribution >= 0.6 is 0 Å². The third-order valence-corrected chi connectivity index (χ3v) is 4.50. The van der Waals surface area contributed by atoms with Crippen LogP contribution < -0.4 is 15.2 Å².